The Bertz CT molecular complexity index is 52.0. The number of rotatable bonds is 3. The maximum absolute atomic E-state index is 3.60. The highest BCUT2D eigenvalue weighted by Crippen LogP contribution is 2.23. The topological polar surface area (TPSA) is 0 Å². The van der Waals surface area contributed by atoms with Crippen LogP contribution in [0.1, 0.15) is 13.8 Å². The van der Waals surface area contributed by atoms with Crippen molar-refractivity contribution < 1.29 is 0 Å². The second kappa shape index (κ2) is 5.20. The molecular formula is C4H12Br2Si2. The van der Waals surface area contributed by atoms with E-state index in [1.54, 1.807) is 0 Å². The Labute approximate surface area is 71.6 Å². The third kappa shape index (κ3) is 3.43. The standard InChI is InChI=1S/C4H12Br2Si2/c1-3(7-5)4(2)8-6/h3-4H,7-8H2,1-2H3. The first-order valence-electron chi connectivity index (χ1n) is 2.84. The highest BCUT2D eigenvalue weighted by molar-refractivity contribution is 9.23. The molecule has 0 aliphatic rings. The summed E-state index contributed by atoms with van der Waals surface area (Å²) in [6.07, 6.45) is 0. The molecule has 0 aromatic carbocycles. The van der Waals surface area contributed by atoms with Crippen molar-refractivity contribution in [3.63, 3.8) is 0 Å². The fourth-order valence-electron chi connectivity index (χ4n) is 0.304. The predicted octanol–water partition coefficient (Wildman–Crippen LogP) is 1.56. The van der Waals surface area contributed by atoms with Gasteiger partial charge in [-0.1, -0.05) is 13.8 Å². The molecule has 0 saturated carbocycles. The van der Waals surface area contributed by atoms with Crippen molar-refractivity contribution in [1.82, 2.24) is 0 Å². The molecule has 0 aliphatic heterocycles. The van der Waals surface area contributed by atoms with Gasteiger partial charge in [0.2, 0.25) is 0 Å². The second-order valence-electron chi connectivity index (χ2n) is 2.26. The zero-order valence-corrected chi connectivity index (χ0v) is 11.3. The van der Waals surface area contributed by atoms with Gasteiger partial charge in [-0.3, -0.25) is 0 Å². The minimum Gasteiger partial charge on any atom is -0.135 e. The first-order valence-corrected chi connectivity index (χ1v) is 12.3. The summed E-state index contributed by atoms with van der Waals surface area (Å²) < 4.78 is 0. The Morgan fingerprint density at radius 1 is 1.00 bits per heavy atom. The summed E-state index contributed by atoms with van der Waals surface area (Å²) in [5, 5.41) is 0. The summed E-state index contributed by atoms with van der Waals surface area (Å²) in [7, 11) is 0.194. The van der Waals surface area contributed by atoms with Crippen LogP contribution in [0.3, 0.4) is 0 Å². The van der Waals surface area contributed by atoms with Crippen molar-refractivity contribution in [2.75, 3.05) is 0 Å². The lowest BCUT2D eigenvalue weighted by Crippen LogP contribution is -2.02. The van der Waals surface area contributed by atoms with Gasteiger partial charge < -0.3 is 0 Å². The van der Waals surface area contributed by atoms with Gasteiger partial charge in [-0.2, -0.15) is 0 Å². The third-order valence-electron chi connectivity index (χ3n) is 1.46. The molecule has 50 valence electrons. The van der Waals surface area contributed by atoms with E-state index in [2.05, 4.69) is 44.4 Å². The van der Waals surface area contributed by atoms with Crippen molar-refractivity contribution in [3.8, 4) is 0 Å². The Morgan fingerprint density at radius 3 is 1.38 bits per heavy atom. The van der Waals surface area contributed by atoms with Crippen LogP contribution in [0.5, 0.6) is 0 Å². The molecule has 0 spiro atoms. The van der Waals surface area contributed by atoms with E-state index in [0.29, 0.717) is 0 Å². The molecule has 0 amide bonds. The van der Waals surface area contributed by atoms with Crippen molar-refractivity contribution in [1.29, 1.82) is 0 Å². The van der Waals surface area contributed by atoms with Crippen LogP contribution in [0.25, 0.3) is 0 Å². The third-order valence-corrected chi connectivity index (χ3v) is 10.8. The summed E-state index contributed by atoms with van der Waals surface area (Å²) in [6.45, 7) is 4.69. The predicted molar refractivity (Wildman–Crippen MR) is 53.8 cm³/mol. The molecule has 0 aromatic heterocycles. The Balaban J connectivity index is 3.29. The van der Waals surface area contributed by atoms with Crippen molar-refractivity contribution in [2.45, 2.75) is 24.9 Å². The van der Waals surface area contributed by atoms with Crippen LogP contribution < -0.4 is 0 Å². The van der Waals surface area contributed by atoms with E-state index < -0.39 is 0 Å². The maximum atomic E-state index is 3.60. The summed E-state index contributed by atoms with van der Waals surface area (Å²) in [6, 6.07) is 0. The van der Waals surface area contributed by atoms with Crippen LogP contribution in [-0.2, 0) is 0 Å². The molecule has 0 radical (unpaired) electrons. The molecule has 0 rings (SSSR count). The van der Waals surface area contributed by atoms with Crippen LogP contribution in [0.4, 0.5) is 0 Å². The van der Waals surface area contributed by atoms with Gasteiger partial charge in [0.25, 0.3) is 0 Å². The average molecular weight is 276 g/mol. The van der Waals surface area contributed by atoms with Crippen LogP contribution in [0, 0.1) is 0 Å². The molecule has 4 heteroatoms. The van der Waals surface area contributed by atoms with Gasteiger partial charge in [0.1, 0.15) is 16.3 Å². The SMILES string of the molecule is CC([SiH2]Br)C(C)[SiH2]Br. The quantitative estimate of drug-likeness (QED) is 0.542. The molecular weight excluding hydrogens is 264 g/mol. The zero-order valence-electron chi connectivity index (χ0n) is 5.32. The lowest BCUT2D eigenvalue weighted by atomic mass is 10.4. The van der Waals surface area contributed by atoms with Crippen molar-refractivity contribution in [2.24, 2.45) is 0 Å². The molecule has 0 nitrogen and oxygen atoms in total. The lowest BCUT2D eigenvalue weighted by molar-refractivity contribution is 0.871. The molecule has 2 unspecified atom stereocenters. The summed E-state index contributed by atoms with van der Waals surface area (Å²) >= 11 is 7.19. The molecule has 0 aromatic rings. The van der Waals surface area contributed by atoms with Gasteiger partial charge in [0, 0.05) is 0 Å². The van der Waals surface area contributed by atoms with E-state index in [0.717, 1.165) is 11.1 Å². The average Bonchev–Trinajstić information content (AvgIpc) is 1.84. The van der Waals surface area contributed by atoms with E-state index in [1.807, 2.05) is 0 Å². The molecule has 0 heterocycles. The second-order valence-corrected chi connectivity index (χ2v) is 9.34. The highest BCUT2D eigenvalue weighted by atomic mass is 79.9. The molecule has 2 atom stereocenters. The minimum absolute atomic E-state index is 0.0971. The van der Waals surface area contributed by atoms with E-state index in [4.69, 9.17) is 0 Å². The summed E-state index contributed by atoms with van der Waals surface area (Å²) in [5.41, 5.74) is 1.97. The van der Waals surface area contributed by atoms with Gasteiger partial charge >= 0.3 is 0 Å². The van der Waals surface area contributed by atoms with E-state index in [1.165, 1.54) is 0 Å². The van der Waals surface area contributed by atoms with Gasteiger partial charge in [-0.15, -0.1) is 30.6 Å². The molecule has 8 heavy (non-hydrogen) atoms. The van der Waals surface area contributed by atoms with E-state index in [9.17, 15) is 0 Å². The fraction of sp³-hybridized carbons (Fsp3) is 1.00. The molecule has 0 saturated heterocycles. The van der Waals surface area contributed by atoms with Crippen LogP contribution in [0.2, 0.25) is 11.1 Å². The maximum Gasteiger partial charge on any atom is 0.101 e. The normalized spacial score (nSPS) is 21.0. The first kappa shape index (κ1) is 9.39. The van der Waals surface area contributed by atoms with E-state index in [-0.39, 0.29) is 16.3 Å². The molecule has 0 bridgehead atoms. The van der Waals surface area contributed by atoms with Gasteiger partial charge in [-0.05, 0) is 11.1 Å². The Hall–Kier alpha value is 1.39. The van der Waals surface area contributed by atoms with E-state index >= 15 is 0 Å². The molecule has 0 fully saturated rings. The monoisotopic (exact) mass is 274 g/mol. The first-order chi connectivity index (χ1) is 3.72. The fourth-order valence-corrected chi connectivity index (χ4v) is 8.67. The lowest BCUT2D eigenvalue weighted by Gasteiger charge is -2.11. The van der Waals surface area contributed by atoms with Gasteiger partial charge in [0.15, 0.2) is 0 Å². The Kier molecular flexibility index (Phi) is 6.11. The Morgan fingerprint density at radius 2 is 1.25 bits per heavy atom. The summed E-state index contributed by atoms with van der Waals surface area (Å²) in [4.78, 5) is 0. The van der Waals surface area contributed by atoms with Crippen LogP contribution in [-0.4, -0.2) is 16.3 Å². The summed E-state index contributed by atoms with van der Waals surface area (Å²) in [5.74, 6) is 0. The van der Waals surface area contributed by atoms with Crippen LogP contribution in [0.15, 0.2) is 0 Å². The number of hydrogen-bond donors (Lipinski definition) is 0. The number of halogens is 2. The highest BCUT2D eigenvalue weighted by Gasteiger charge is 2.08. The largest absolute Gasteiger partial charge is 0.135 e. The van der Waals surface area contributed by atoms with Gasteiger partial charge in [-0.25, -0.2) is 0 Å². The van der Waals surface area contributed by atoms with Crippen molar-refractivity contribution >= 4 is 46.9 Å². The zero-order chi connectivity index (χ0) is 6.57. The smallest absolute Gasteiger partial charge is 0.101 e. The molecule has 0 aliphatic carbocycles. The minimum atomic E-state index is 0.0971. The van der Waals surface area contributed by atoms with Crippen molar-refractivity contribution in [3.05, 3.63) is 0 Å². The number of hydrogen-bond acceptors (Lipinski definition) is 0. The molecule has 0 N–H and O–H groups in total. The van der Waals surface area contributed by atoms with Gasteiger partial charge in [0.05, 0.1) is 0 Å². The van der Waals surface area contributed by atoms with Crippen LogP contribution >= 0.6 is 30.6 Å².